The lowest BCUT2D eigenvalue weighted by Gasteiger charge is -2.20. The van der Waals surface area contributed by atoms with Crippen LogP contribution in [-0.2, 0) is 6.54 Å². The Morgan fingerprint density at radius 3 is 2.90 bits per heavy atom. The van der Waals surface area contributed by atoms with E-state index in [1.54, 1.807) is 13.2 Å². The van der Waals surface area contributed by atoms with Crippen molar-refractivity contribution in [2.75, 3.05) is 31.6 Å². The number of pyridine rings is 1. The van der Waals surface area contributed by atoms with E-state index in [2.05, 4.69) is 41.1 Å². The molecule has 0 aliphatic carbocycles. The van der Waals surface area contributed by atoms with Gasteiger partial charge < -0.3 is 20.1 Å². The first-order valence-corrected chi connectivity index (χ1v) is 10.3. The highest BCUT2D eigenvalue weighted by Gasteiger charge is 2.25. The number of para-hydroxylation sites is 2. The third kappa shape index (κ3) is 4.97. The number of rotatable bonds is 5. The van der Waals surface area contributed by atoms with Crippen molar-refractivity contribution in [1.29, 1.82) is 0 Å². The van der Waals surface area contributed by atoms with Crippen molar-refractivity contribution in [3.8, 4) is 0 Å². The van der Waals surface area contributed by atoms with Gasteiger partial charge in [-0.15, -0.1) is 24.0 Å². The van der Waals surface area contributed by atoms with E-state index in [0.29, 0.717) is 11.1 Å². The number of nitrogens with zero attached hydrogens (tertiary/aromatic N) is 5. The molecule has 9 heteroatoms. The third-order valence-electron chi connectivity index (χ3n) is 5.26. The number of fused-ring (bicyclic) bond motifs is 1. The quantitative estimate of drug-likeness (QED) is 0.295. The van der Waals surface area contributed by atoms with Crippen LogP contribution in [0, 0.1) is 6.92 Å². The highest BCUT2D eigenvalue weighted by Crippen LogP contribution is 2.25. The monoisotopic (exact) mass is 539 g/mol. The molecule has 1 unspecified atom stereocenters. The molecular weight excluding hydrogens is 513 g/mol. The molecule has 7 nitrogen and oxygen atoms in total. The number of benzene rings is 1. The Bertz CT molecular complexity index is 1020. The maximum atomic E-state index is 6.29. The van der Waals surface area contributed by atoms with Crippen LogP contribution >= 0.6 is 35.6 Å². The molecule has 1 atom stereocenters. The Morgan fingerprint density at radius 2 is 2.10 bits per heavy atom. The van der Waals surface area contributed by atoms with Gasteiger partial charge in [0.15, 0.2) is 5.96 Å². The number of aryl methyl sites for hydroxylation is 1. The zero-order valence-corrected chi connectivity index (χ0v) is 20.3. The van der Waals surface area contributed by atoms with Crippen molar-refractivity contribution >= 4 is 58.4 Å². The van der Waals surface area contributed by atoms with Gasteiger partial charge in [0, 0.05) is 45.5 Å². The molecule has 1 saturated heterocycles. The Balaban J connectivity index is 0.00000256. The second-order valence-electron chi connectivity index (χ2n) is 7.18. The Morgan fingerprint density at radius 1 is 1.27 bits per heavy atom. The average molecular weight is 540 g/mol. The normalized spacial score (nSPS) is 16.6. The number of imidazole rings is 1. The fraction of sp³-hybridized carbons (Fsp3) is 0.381. The number of anilines is 1. The first-order valence-electron chi connectivity index (χ1n) is 9.90. The summed E-state index contributed by atoms with van der Waals surface area (Å²) in [5, 5.41) is 7.63. The third-order valence-corrected chi connectivity index (χ3v) is 5.56. The number of halogens is 2. The molecule has 0 bridgehead atoms. The van der Waals surface area contributed by atoms with E-state index in [9.17, 15) is 0 Å². The second-order valence-corrected chi connectivity index (χ2v) is 7.59. The molecule has 30 heavy (non-hydrogen) atoms. The van der Waals surface area contributed by atoms with E-state index < -0.39 is 0 Å². The van der Waals surface area contributed by atoms with Crippen LogP contribution in [0.4, 0.5) is 5.82 Å². The van der Waals surface area contributed by atoms with Gasteiger partial charge in [-0.25, -0.2) is 9.97 Å². The van der Waals surface area contributed by atoms with Crippen molar-refractivity contribution in [2.45, 2.75) is 25.9 Å². The number of aliphatic imine (C=N–C) groups is 1. The Labute approximate surface area is 199 Å². The highest BCUT2D eigenvalue weighted by atomic mass is 127. The number of nitrogens with one attached hydrogen (secondary N) is 2. The predicted octanol–water partition coefficient (Wildman–Crippen LogP) is 3.46. The fourth-order valence-electron chi connectivity index (χ4n) is 3.83. The predicted molar refractivity (Wildman–Crippen MR) is 134 cm³/mol. The molecule has 1 fully saturated rings. The summed E-state index contributed by atoms with van der Waals surface area (Å²) < 4.78 is 2.23. The smallest absolute Gasteiger partial charge is 0.191 e. The van der Waals surface area contributed by atoms with Crippen molar-refractivity contribution in [3.63, 3.8) is 0 Å². The highest BCUT2D eigenvalue weighted by molar-refractivity contribution is 14.0. The number of guanidine groups is 1. The molecule has 0 radical (unpaired) electrons. The Hall–Kier alpha value is -2.07. The van der Waals surface area contributed by atoms with Crippen molar-refractivity contribution in [2.24, 2.45) is 4.99 Å². The van der Waals surface area contributed by atoms with E-state index in [0.717, 1.165) is 61.2 Å². The van der Waals surface area contributed by atoms with Crippen LogP contribution in [0.1, 0.15) is 12.2 Å². The van der Waals surface area contributed by atoms with Crippen LogP contribution in [0.3, 0.4) is 0 Å². The molecule has 0 saturated carbocycles. The van der Waals surface area contributed by atoms with E-state index in [4.69, 9.17) is 11.6 Å². The summed E-state index contributed by atoms with van der Waals surface area (Å²) in [6.45, 7) is 5.41. The van der Waals surface area contributed by atoms with E-state index >= 15 is 0 Å². The van der Waals surface area contributed by atoms with Gasteiger partial charge in [-0.05, 0) is 37.6 Å². The molecule has 3 aromatic rings. The lowest BCUT2D eigenvalue weighted by atomic mass is 10.3. The van der Waals surface area contributed by atoms with Crippen molar-refractivity contribution in [1.82, 2.24) is 25.2 Å². The second kappa shape index (κ2) is 10.3. The maximum Gasteiger partial charge on any atom is 0.191 e. The Kier molecular flexibility index (Phi) is 7.76. The number of hydrogen-bond donors (Lipinski definition) is 2. The summed E-state index contributed by atoms with van der Waals surface area (Å²) in [4.78, 5) is 15.6. The molecule has 4 rings (SSSR count). The molecule has 2 N–H and O–H groups in total. The van der Waals surface area contributed by atoms with Crippen LogP contribution in [-0.4, -0.2) is 53.2 Å². The summed E-state index contributed by atoms with van der Waals surface area (Å²) in [6.07, 6.45) is 2.79. The largest absolute Gasteiger partial charge is 0.355 e. The van der Waals surface area contributed by atoms with Gasteiger partial charge in [-0.1, -0.05) is 23.7 Å². The van der Waals surface area contributed by atoms with Gasteiger partial charge in [0.2, 0.25) is 0 Å². The molecule has 2 aromatic heterocycles. The zero-order chi connectivity index (χ0) is 20.2. The van der Waals surface area contributed by atoms with Crippen LogP contribution in [0.5, 0.6) is 0 Å². The molecule has 1 aliphatic heterocycles. The first kappa shape index (κ1) is 22.6. The van der Waals surface area contributed by atoms with Crippen LogP contribution in [0.2, 0.25) is 5.02 Å². The summed E-state index contributed by atoms with van der Waals surface area (Å²) in [5.74, 6) is 2.68. The summed E-state index contributed by atoms with van der Waals surface area (Å²) in [5.41, 5.74) is 2.19. The van der Waals surface area contributed by atoms with E-state index in [-0.39, 0.29) is 24.0 Å². The summed E-state index contributed by atoms with van der Waals surface area (Å²) in [7, 11) is 1.80. The SMILES string of the molecule is CN=C(NCCn1c(C)nc2ccccc21)NC1CCN(c2ncccc2Cl)C1.I. The molecule has 160 valence electrons. The van der Waals surface area contributed by atoms with Crippen molar-refractivity contribution in [3.05, 3.63) is 53.4 Å². The summed E-state index contributed by atoms with van der Waals surface area (Å²) in [6, 6.07) is 12.3. The minimum absolute atomic E-state index is 0. The lowest BCUT2D eigenvalue weighted by Crippen LogP contribution is -2.45. The van der Waals surface area contributed by atoms with Crippen LogP contribution < -0.4 is 15.5 Å². The van der Waals surface area contributed by atoms with E-state index in [1.807, 2.05) is 37.3 Å². The molecular formula is C21H27ClIN7. The van der Waals surface area contributed by atoms with Crippen molar-refractivity contribution < 1.29 is 0 Å². The van der Waals surface area contributed by atoms with Crippen LogP contribution in [0.15, 0.2) is 47.6 Å². The van der Waals surface area contributed by atoms with Gasteiger partial charge >= 0.3 is 0 Å². The minimum Gasteiger partial charge on any atom is -0.355 e. The number of hydrogen-bond acceptors (Lipinski definition) is 4. The van der Waals surface area contributed by atoms with Crippen LogP contribution in [0.25, 0.3) is 11.0 Å². The number of aromatic nitrogens is 3. The van der Waals surface area contributed by atoms with Gasteiger partial charge in [0.1, 0.15) is 11.6 Å². The van der Waals surface area contributed by atoms with Gasteiger partial charge in [0.05, 0.1) is 16.1 Å². The lowest BCUT2D eigenvalue weighted by molar-refractivity contribution is 0.624. The van der Waals surface area contributed by atoms with Gasteiger partial charge in [0.25, 0.3) is 0 Å². The zero-order valence-electron chi connectivity index (χ0n) is 17.2. The molecule has 0 spiro atoms. The molecule has 1 aliphatic rings. The molecule has 0 amide bonds. The van der Waals surface area contributed by atoms with E-state index in [1.165, 1.54) is 0 Å². The minimum atomic E-state index is 0. The fourth-order valence-corrected chi connectivity index (χ4v) is 4.07. The van der Waals surface area contributed by atoms with Gasteiger partial charge in [-0.3, -0.25) is 4.99 Å². The molecule has 3 heterocycles. The maximum absolute atomic E-state index is 6.29. The average Bonchev–Trinajstić information content (AvgIpc) is 3.31. The first-order chi connectivity index (χ1) is 14.2. The summed E-state index contributed by atoms with van der Waals surface area (Å²) >= 11 is 6.29. The standard InChI is InChI=1S/C21H26ClN7.HI/c1-15-26-18-7-3-4-8-19(18)29(15)13-11-25-21(23-2)27-16-9-12-28(14-16)20-17(22)6-5-10-24-20;/h3-8,10,16H,9,11-14H2,1-2H3,(H2,23,25,27);1H. The van der Waals surface area contributed by atoms with Gasteiger partial charge in [-0.2, -0.15) is 0 Å². The molecule has 1 aromatic carbocycles. The topological polar surface area (TPSA) is 70.4 Å².